The van der Waals surface area contributed by atoms with E-state index < -0.39 is 0 Å². The van der Waals surface area contributed by atoms with Gasteiger partial charge >= 0.3 is 0 Å². The molecule has 1 aliphatic heterocycles. The summed E-state index contributed by atoms with van der Waals surface area (Å²) in [4.78, 5) is 25.2. The summed E-state index contributed by atoms with van der Waals surface area (Å²) in [5, 5.41) is 0. The number of likely N-dealkylation sites (N-methyl/N-ethyl adjacent to an activating group) is 1. The summed E-state index contributed by atoms with van der Waals surface area (Å²) in [6.07, 6.45) is 5.93. The molecule has 152 valence electrons. The van der Waals surface area contributed by atoms with Crippen molar-refractivity contribution in [3.63, 3.8) is 0 Å². The molecule has 0 atom stereocenters. The molecule has 0 aliphatic carbocycles. The largest absolute Gasteiger partial charge is 0.466 e. The quantitative estimate of drug-likeness (QED) is 0.710. The van der Waals surface area contributed by atoms with Crippen molar-refractivity contribution in [2.75, 3.05) is 26.7 Å². The SMILES string of the molecule is CCc1nccnc1OCC(=O)N(C)C1CCN(Cc2ccccc2)CC1.Cl. The van der Waals surface area contributed by atoms with Crippen LogP contribution in [0.3, 0.4) is 0 Å². The molecular weight excluding hydrogens is 376 g/mol. The highest BCUT2D eigenvalue weighted by Crippen LogP contribution is 2.18. The van der Waals surface area contributed by atoms with Gasteiger partial charge in [-0.1, -0.05) is 37.3 Å². The van der Waals surface area contributed by atoms with E-state index in [-0.39, 0.29) is 31.0 Å². The molecule has 2 heterocycles. The molecular formula is C21H29ClN4O2. The van der Waals surface area contributed by atoms with Crippen LogP contribution in [0.25, 0.3) is 0 Å². The third kappa shape index (κ3) is 5.91. The number of piperidine rings is 1. The second kappa shape index (κ2) is 11.0. The summed E-state index contributed by atoms with van der Waals surface area (Å²) >= 11 is 0. The normalized spacial score (nSPS) is 14.9. The highest BCUT2D eigenvalue weighted by Gasteiger charge is 2.25. The van der Waals surface area contributed by atoms with Crippen LogP contribution in [-0.2, 0) is 17.8 Å². The van der Waals surface area contributed by atoms with Crippen molar-refractivity contribution in [1.82, 2.24) is 19.8 Å². The highest BCUT2D eigenvalue weighted by atomic mass is 35.5. The van der Waals surface area contributed by atoms with Gasteiger partial charge in [0, 0.05) is 45.1 Å². The van der Waals surface area contributed by atoms with Gasteiger partial charge in [-0.15, -0.1) is 12.4 Å². The number of carbonyl (C=O) groups excluding carboxylic acids is 1. The number of aryl methyl sites for hydroxylation is 1. The molecule has 7 heteroatoms. The molecule has 1 fully saturated rings. The second-order valence-electron chi connectivity index (χ2n) is 6.95. The molecule has 1 saturated heterocycles. The van der Waals surface area contributed by atoms with Crippen molar-refractivity contribution < 1.29 is 9.53 Å². The lowest BCUT2D eigenvalue weighted by atomic mass is 10.0. The van der Waals surface area contributed by atoms with Gasteiger partial charge in [0.15, 0.2) is 6.61 Å². The first-order valence-electron chi connectivity index (χ1n) is 9.62. The molecule has 1 aromatic carbocycles. The first-order valence-corrected chi connectivity index (χ1v) is 9.62. The molecule has 0 radical (unpaired) electrons. The van der Waals surface area contributed by atoms with Gasteiger partial charge in [-0.2, -0.15) is 0 Å². The van der Waals surface area contributed by atoms with E-state index in [9.17, 15) is 4.79 Å². The van der Waals surface area contributed by atoms with Crippen LogP contribution < -0.4 is 4.74 Å². The fraction of sp³-hybridized carbons (Fsp3) is 0.476. The predicted octanol–water partition coefficient (Wildman–Crippen LogP) is 2.96. The number of benzene rings is 1. The molecule has 0 spiro atoms. The maximum Gasteiger partial charge on any atom is 0.260 e. The minimum absolute atomic E-state index is 0. The molecule has 3 rings (SSSR count). The van der Waals surface area contributed by atoms with E-state index in [4.69, 9.17) is 4.74 Å². The Morgan fingerprint density at radius 2 is 1.86 bits per heavy atom. The van der Waals surface area contributed by atoms with Crippen LogP contribution in [0.1, 0.15) is 31.0 Å². The van der Waals surface area contributed by atoms with Gasteiger partial charge in [0.25, 0.3) is 5.91 Å². The zero-order valence-corrected chi connectivity index (χ0v) is 17.4. The number of halogens is 1. The maximum absolute atomic E-state index is 12.5. The minimum Gasteiger partial charge on any atom is -0.466 e. The lowest BCUT2D eigenvalue weighted by Crippen LogP contribution is -2.46. The van der Waals surface area contributed by atoms with E-state index in [1.165, 1.54) is 5.56 Å². The number of rotatable bonds is 7. The number of hydrogen-bond acceptors (Lipinski definition) is 5. The van der Waals surface area contributed by atoms with Crippen LogP contribution in [0.2, 0.25) is 0 Å². The average Bonchev–Trinajstić information content (AvgIpc) is 2.73. The zero-order valence-electron chi connectivity index (χ0n) is 16.6. The molecule has 0 N–H and O–H groups in total. The summed E-state index contributed by atoms with van der Waals surface area (Å²) in [6, 6.07) is 10.8. The van der Waals surface area contributed by atoms with Gasteiger partial charge in [0.05, 0.1) is 0 Å². The predicted molar refractivity (Wildman–Crippen MR) is 112 cm³/mol. The molecule has 28 heavy (non-hydrogen) atoms. The molecule has 0 saturated carbocycles. The Morgan fingerprint density at radius 1 is 1.18 bits per heavy atom. The number of carbonyl (C=O) groups is 1. The van der Waals surface area contributed by atoms with Gasteiger partial charge in [-0.25, -0.2) is 4.98 Å². The number of amides is 1. The zero-order chi connectivity index (χ0) is 19.1. The molecule has 1 aromatic heterocycles. The summed E-state index contributed by atoms with van der Waals surface area (Å²) in [5.41, 5.74) is 2.12. The summed E-state index contributed by atoms with van der Waals surface area (Å²) in [5.74, 6) is 0.448. The Bertz CT molecular complexity index is 736. The molecule has 1 aliphatic rings. The van der Waals surface area contributed by atoms with Gasteiger partial charge in [0.1, 0.15) is 5.69 Å². The molecule has 0 bridgehead atoms. The Kier molecular flexibility index (Phi) is 8.67. The number of nitrogens with zero attached hydrogens (tertiary/aromatic N) is 4. The van der Waals surface area contributed by atoms with E-state index in [1.54, 1.807) is 12.4 Å². The standard InChI is InChI=1S/C21H28N4O2.ClH/c1-3-19-21(23-12-11-22-19)27-16-20(26)24(2)18-9-13-25(14-10-18)15-17-7-5-4-6-8-17;/h4-8,11-12,18H,3,9-10,13-16H2,1-2H3;1H. The Balaban J connectivity index is 0.00000280. The average molecular weight is 405 g/mol. The van der Waals surface area contributed by atoms with Gasteiger partial charge < -0.3 is 9.64 Å². The van der Waals surface area contributed by atoms with Crippen molar-refractivity contribution in [3.8, 4) is 5.88 Å². The Morgan fingerprint density at radius 3 is 2.54 bits per heavy atom. The van der Waals surface area contributed by atoms with Crippen LogP contribution >= 0.6 is 12.4 Å². The maximum atomic E-state index is 12.5. The third-order valence-electron chi connectivity index (χ3n) is 5.15. The Hall–Kier alpha value is -2.18. The first kappa shape index (κ1) is 22.1. The highest BCUT2D eigenvalue weighted by molar-refractivity contribution is 5.85. The Labute approximate surface area is 173 Å². The number of likely N-dealkylation sites (tertiary alicyclic amines) is 1. The smallest absolute Gasteiger partial charge is 0.260 e. The van der Waals surface area contributed by atoms with E-state index in [0.29, 0.717) is 5.88 Å². The van der Waals surface area contributed by atoms with Gasteiger partial charge in [0.2, 0.25) is 5.88 Å². The van der Waals surface area contributed by atoms with Crippen LogP contribution in [0.5, 0.6) is 5.88 Å². The van der Waals surface area contributed by atoms with Crippen LogP contribution in [0.4, 0.5) is 0 Å². The summed E-state index contributed by atoms with van der Waals surface area (Å²) < 4.78 is 5.63. The van der Waals surface area contributed by atoms with Crippen molar-refractivity contribution in [1.29, 1.82) is 0 Å². The second-order valence-corrected chi connectivity index (χ2v) is 6.95. The molecule has 2 aromatic rings. The monoisotopic (exact) mass is 404 g/mol. The minimum atomic E-state index is -0.00999. The van der Waals surface area contributed by atoms with Crippen LogP contribution in [0.15, 0.2) is 42.7 Å². The van der Waals surface area contributed by atoms with Gasteiger partial charge in [-0.05, 0) is 24.8 Å². The van der Waals surface area contributed by atoms with E-state index >= 15 is 0 Å². The van der Waals surface area contributed by atoms with Crippen molar-refractivity contribution in [2.45, 2.75) is 38.8 Å². The van der Waals surface area contributed by atoms with Gasteiger partial charge in [-0.3, -0.25) is 14.7 Å². The number of aromatic nitrogens is 2. The fourth-order valence-electron chi connectivity index (χ4n) is 3.46. The van der Waals surface area contributed by atoms with E-state index in [0.717, 1.165) is 44.6 Å². The first-order chi connectivity index (χ1) is 13.2. The fourth-order valence-corrected chi connectivity index (χ4v) is 3.46. The van der Waals surface area contributed by atoms with E-state index in [1.807, 2.05) is 24.9 Å². The third-order valence-corrected chi connectivity index (χ3v) is 5.15. The summed E-state index contributed by atoms with van der Waals surface area (Å²) in [6.45, 7) is 4.98. The molecule has 0 unspecified atom stereocenters. The lowest BCUT2D eigenvalue weighted by Gasteiger charge is -2.36. The van der Waals surface area contributed by atoms with Crippen molar-refractivity contribution >= 4 is 18.3 Å². The summed E-state index contributed by atoms with van der Waals surface area (Å²) in [7, 11) is 1.88. The molecule has 6 nitrogen and oxygen atoms in total. The topological polar surface area (TPSA) is 58.6 Å². The number of ether oxygens (including phenoxy) is 1. The van der Waals surface area contributed by atoms with E-state index in [2.05, 4.69) is 39.1 Å². The molecule has 1 amide bonds. The van der Waals surface area contributed by atoms with Crippen LogP contribution in [-0.4, -0.2) is 58.5 Å². The van der Waals surface area contributed by atoms with Crippen LogP contribution in [0, 0.1) is 0 Å². The lowest BCUT2D eigenvalue weighted by molar-refractivity contribution is -0.135. The number of hydrogen-bond donors (Lipinski definition) is 0. The van der Waals surface area contributed by atoms with Crippen molar-refractivity contribution in [3.05, 3.63) is 54.0 Å². The van der Waals surface area contributed by atoms with Crippen molar-refractivity contribution in [2.24, 2.45) is 0 Å².